The molecule has 0 amide bonds. The molecule has 0 spiro atoms. The lowest BCUT2D eigenvalue weighted by molar-refractivity contribution is 0.286. The molecule has 0 bridgehead atoms. The van der Waals surface area contributed by atoms with E-state index in [0.29, 0.717) is 12.6 Å². The van der Waals surface area contributed by atoms with Crippen LogP contribution >= 0.6 is 27.3 Å². The minimum absolute atomic E-state index is 0.188. The van der Waals surface area contributed by atoms with Crippen LogP contribution in [0.15, 0.2) is 15.9 Å². The fourth-order valence-corrected chi connectivity index (χ4v) is 2.74. The van der Waals surface area contributed by atoms with Gasteiger partial charge in [0, 0.05) is 21.9 Å². The van der Waals surface area contributed by atoms with Crippen LogP contribution in [0.5, 0.6) is 0 Å². The van der Waals surface area contributed by atoms with Gasteiger partial charge in [-0.15, -0.1) is 11.3 Å². The standard InChI is InChI=1S/C8H12BrNOS/c1-6(10-3-4-11)8-7(9)2-5-12-8/h2,5-6,10-11H,3-4H2,1H3. The van der Waals surface area contributed by atoms with Crippen molar-refractivity contribution in [2.45, 2.75) is 13.0 Å². The molecule has 1 aromatic heterocycles. The summed E-state index contributed by atoms with van der Waals surface area (Å²) in [4.78, 5) is 1.28. The van der Waals surface area contributed by atoms with E-state index >= 15 is 0 Å². The molecule has 1 aromatic rings. The summed E-state index contributed by atoms with van der Waals surface area (Å²) in [5, 5.41) is 13.9. The third-order valence-corrected chi connectivity index (χ3v) is 3.65. The molecular weight excluding hydrogens is 238 g/mol. The van der Waals surface area contributed by atoms with Crippen LogP contribution in [-0.4, -0.2) is 18.3 Å². The second kappa shape index (κ2) is 4.97. The molecule has 68 valence electrons. The van der Waals surface area contributed by atoms with E-state index in [-0.39, 0.29) is 6.61 Å². The number of hydrogen-bond acceptors (Lipinski definition) is 3. The van der Waals surface area contributed by atoms with E-state index in [0.717, 1.165) is 4.47 Å². The Labute approximate surface area is 84.7 Å². The first-order valence-electron chi connectivity index (χ1n) is 3.83. The van der Waals surface area contributed by atoms with E-state index in [1.165, 1.54) is 4.88 Å². The first kappa shape index (κ1) is 10.2. The summed E-state index contributed by atoms with van der Waals surface area (Å²) < 4.78 is 1.14. The van der Waals surface area contributed by atoms with E-state index in [1.807, 2.05) is 6.07 Å². The molecule has 0 aliphatic carbocycles. The van der Waals surface area contributed by atoms with Crippen molar-refractivity contribution in [3.8, 4) is 0 Å². The zero-order chi connectivity index (χ0) is 8.97. The lowest BCUT2D eigenvalue weighted by Crippen LogP contribution is -2.21. The van der Waals surface area contributed by atoms with Crippen LogP contribution in [0.2, 0.25) is 0 Å². The van der Waals surface area contributed by atoms with Crippen molar-refractivity contribution in [3.63, 3.8) is 0 Å². The number of rotatable bonds is 4. The Hall–Kier alpha value is 0.100. The molecule has 0 fully saturated rings. The van der Waals surface area contributed by atoms with Crippen LogP contribution in [0, 0.1) is 0 Å². The van der Waals surface area contributed by atoms with Crippen LogP contribution in [0.4, 0.5) is 0 Å². The first-order chi connectivity index (χ1) is 5.75. The zero-order valence-corrected chi connectivity index (χ0v) is 9.28. The van der Waals surface area contributed by atoms with E-state index in [9.17, 15) is 0 Å². The molecule has 0 aromatic carbocycles. The highest BCUT2D eigenvalue weighted by Crippen LogP contribution is 2.28. The maximum absolute atomic E-state index is 8.61. The van der Waals surface area contributed by atoms with Crippen molar-refractivity contribution in [2.24, 2.45) is 0 Å². The molecule has 2 nitrogen and oxygen atoms in total. The number of aliphatic hydroxyl groups excluding tert-OH is 1. The molecule has 0 saturated heterocycles. The number of thiophene rings is 1. The fourth-order valence-electron chi connectivity index (χ4n) is 0.988. The molecule has 1 heterocycles. The number of halogens is 1. The smallest absolute Gasteiger partial charge is 0.0556 e. The topological polar surface area (TPSA) is 32.3 Å². The minimum Gasteiger partial charge on any atom is -0.395 e. The van der Waals surface area contributed by atoms with E-state index in [1.54, 1.807) is 11.3 Å². The summed E-state index contributed by atoms with van der Waals surface area (Å²) in [5.41, 5.74) is 0. The second-order valence-corrected chi connectivity index (χ2v) is 4.33. The summed E-state index contributed by atoms with van der Waals surface area (Å²) in [7, 11) is 0. The molecule has 1 unspecified atom stereocenters. The highest BCUT2D eigenvalue weighted by molar-refractivity contribution is 9.10. The van der Waals surface area contributed by atoms with E-state index < -0.39 is 0 Å². The largest absolute Gasteiger partial charge is 0.395 e. The molecule has 0 radical (unpaired) electrons. The van der Waals surface area contributed by atoms with Gasteiger partial charge in [-0.25, -0.2) is 0 Å². The Bertz CT molecular complexity index is 239. The predicted molar refractivity (Wildman–Crippen MR) is 55.5 cm³/mol. The maximum Gasteiger partial charge on any atom is 0.0556 e. The average molecular weight is 250 g/mol. The molecular formula is C8H12BrNOS. The third-order valence-electron chi connectivity index (χ3n) is 1.60. The lowest BCUT2D eigenvalue weighted by Gasteiger charge is -2.11. The van der Waals surface area contributed by atoms with Crippen molar-refractivity contribution in [2.75, 3.05) is 13.2 Å². The molecule has 2 N–H and O–H groups in total. The Balaban J connectivity index is 2.52. The molecule has 4 heteroatoms. The molecule has 1 atom stereocenters. The summed E-state index contributed by atoms with van der Waals surface area (Å²) in [6.45, 7) is 2.92. The van der Waals surface area contributed by atoms with Gasteiger partial charge < -0.3 is 10.4 Å². The van der Waals surface area contributed by atoms with Crippen molar-refractivity contribution in [1.29, 1.82) is 0 Å². The fraction of sp³-hybridized carbons (Fsp3) is 0.500. The van der Waals surface area contributed by atoms with Gasteiger partial charge in [0.05, 0.1) is 6.61 Å². The average Bonchev–Trinajstić information content (AvgIpc) is 2.47. The first-order valence-corrected chi connectivity index (χ1v) is 5.50. The van der Waals surface area contributed by atoms with Gasteiger partial charge in [0.15, 0.2) is 0 Å². The number of aliphatic hydroxyl groups is 1. The minimum atomic E-state index is 0.188. The van der Waals surface area contributed by atoms with Crippen molar-refractivity contribution >= 4 is 27.3 Å². The number of hydrogen-bond donors (Lipinski definition) is 2. The van der Waals surface area contributed by atoms with Gasteiger partial charge in [-0.3, -0.25) is 0 Å². The van der Waals surface area contributed by atoms with Gasteiger partial charge in [-0.05, 0) is 34.3 Å². The van der Waals surface area contributed by atoms with E-state index in [4.69, 9.17) is 5.11 Å². The van der Waals surface area contributed by atoms with Crippen molar-refractivity contribution < 1.29 is 5.11 Å². The summed E-state index contributed by atoms with van der Waals surface area (Å²) in [6.07, 6.45) is 0. The molecule has 0 saturated carbocycles. The highest BCUT2D eigenvalue weighted by atomic mass is 79.9. The van der Waals surface area contributed by atoms with Crippen LogP contribution in [-0.2, 0) is 0 Å². The molecule has 1 rings (SSSR count). The summed E-state index contributed by atoms with van der Waals surface area (Å²) in [5.74, 6) is 0. The SMILES string of the molecule is CC(NCCO)c1sccc1Br. The monoisotopic (exact) mass is 249 g/mol. The Morgan fingerprint density at radius 1 is 1.75 bits per heavy atom. The van der Waals surface area contributed by atoms with Crippen LogP contribution < -0.4 is 5.32 Å². The number of nitrogens with one attached hydrogen (secondary N) is 1. The van der Waals surface area contributed by atoms with Crippen LogP contribution in [0.1, 0.15) is 17.8 Å². The highest BCUT2D eigenvalue weighted by Gasteiger charge is 2.08. The summed E-state index contributed by atoms with van der Waals surface area (Å²) in [6, 6.07) is 2.35. The normalized spacial score (nSPS) is 13.2. The Kier molecular flexibility index (Phi) is 4.21. The van der Waals surface area contributed by atoms with Gasteiger partial charge in [0.1, 0.15) is 0 Å². The Morgan fingerprint density at radius 2 is 2.50 bits per heavy atom. The molecule has 0 aliphatic heterocycles. The second-order valence-electron chi connectivity index (χ2n) is 2.53. The van der Waals surface area contributed by atoms with Crippen LogP contribution in [0.3, 0.4) is 0 Å². The van der Waals surface area contributed by atoms with Gasteiger partial charge in [0.25, 0.3) is 0 Å². The van der Waals surface area contributed by atoms with Gasteiger partial charge in [-0.2, -0.15) is 0 Å². The van der Waals surface area contributed by atoms with Crippen molar-refractivity contribution in [1.82, 2.24) is 5.32 Å². The molecule has 0 aliphatic rings. The van der Waals surface area contributed by atoms with Crippen LogP contribution in [0.25, 0.3) is 0 Å². The molecule has 12 heavy (non-hydrogen) atoms. The summed E-state index contributed by atoms with van der Waals surface area (Å²) >= 11 is 5.18. The predicted octanol–water partition coefficient (Wildman–Crippen LogP) is 2.15. The zero-order valence-electron chi connectivity index (χ0n) is 6.88. The third kappa shape index (κ3) is 2.55. The quantitative estimate of drug-likeness (QED) is 0.858. The van der Waals surface area contributed by atoms with Crippen molar-refractivity contribution in [3.05, 3.63) is 20.8 Å². The lowest BCUT2D eigenvalue weighted by atomic mass is 10.3. The van der Waals surface area contributed by atoms with Gasteiger partial charge in [-0.1, -0.05) is 0 Å². The van der Waals surface area contributed by atoms with Gasteiger partial charge >= 0.3 is 0 Å². The van der Waals surface area contributed by atoms with E-state index in [2.05, 4.69) is 33.6 Å². The maximum atomic E-state index is 8.61. The Morgan fingerprint density at radius 3 is 3.00 bits per heavy atom. The van der Waals surface area contributed by atoms with Gasteiger partial charge in [0.2, 0.25) is 0 Å².